The second-order valence-electron chi connectivity index (χ2n) is 4.12. The standard InChI is InChI=1S/C13H19NS2/c15-8-7-14-6-5-11-3-4-13-12(10-11)2-1-9-16-13/h3-4,10,14-15H,1-2,5-9H2. The van der Waals surface area contributed by atoms with Gasteiger partial charge in [-0.05, 0) is 48.8 Å². The van der Waals surface area contributed by atoms with Crippen LogP contribution in [0.2, 0.25) is 0 Å². The Bertz CT molecular complexity index is 339. The molecule has 0 fully saturated rings. The van der Waals surface area contributed by atoms with Crippen molar-refractivity contribution < 1.29 is 0 Å². The second-order valence-corrected chi connectivity index (χ2v) is 5.70. The minimum absolute atomic E-state index is 0.917. The van der Waals surface area contributed by atoms with E-state index < -0.39 is 0 Å². The van der Waals surface area contributed by atoms with Gasteiger partial charge in [0.15, 0.2) is 0 Å². The lowest BCUT2D eigenvalue weighted by atomic mass is 10.0. The van der Waals surface area contributed by atoms with Gasteiger partial charge in [0.25, 0.3) is 0 Å². The van der Waals surface area contributed by atoms with Crippen molar-refractivity contribution in [3.05, 3.63) is 29.3 Å². The van der Waals surface area contributed by atoms with Crippen LogP contribution in [0, 0.1) is 0 Å². The topological polar surface area (TPSA) is 12.0 Å². The van der Waals surface area contributed by atoms with Gasteiger partial charge in [0.1, 0.15) is 0 Å². The number of fused-ring (bicyclic) bond motifs is 1. The number of benzene rings is 1. The Hall–Kier alpha value is -0.120. The van der Waals surface area contributed by atoms with Crippen LogP contribution in [0.5, 0.6) is 0 Å². The van der Waals surface area contributed by atoms with Gasteiger partial charge in [0, 0.05) is 17.2 Å². The van der Waals surface area contributed by atoms with Gasteiger partial charge in [-0.15, -0.1) is 11.8 Å². The van der Waals surface area contributed by atoms with Gasteiger partial charge in [-0.25, -0.2) is 0 Å². The molecule has 0 unspecified atom stereocenters. The Kier molecular flexibility index (Phi) is 5.07. The summed E-state index contributed by atoms with van der Waals surface area (Å²) in [5.41, 5.74) is 3.02. The molecule has 2 rings (SSSR count). The number of nitrogens with one attached hydrogen (secondary N) is 1. The van der Waals surface area contributed by atoms with Crippen LogP contribution < -0.4 is 5.32 Å². The van der Waals surface area contributed by atoms with Crippen LogP contribution in [0.25, 0.3) is 0 Å². The Balaban J connectivity index is 1.90. The molecule has 0 saturated carbocycles. The first kappa shape index (κ1) is 12.3. The summed E-state index contributed by atoms with van der Waals surface area (Å²) in [6.07, 6.45) is 3.73. The molecule has 1 nitrogen and oxygen atoms in total. The van der Waals surface area contributed by atoms with Gasteiger partial charge in [-0.1, -0.05) is 12.1 Å². The van der Waals surface area contributed by atoms with Crippen molar-refractivity contribution in [3.63, 3.8) is 0 Å². The van der Waals surface area contributed by atoms with Crippen LogP contribution in [0.4, 0.5) is 0 Å². The molecule has 1 N–H and O–H groups in total. The molecular formula is C13H19NS2. The number of thioether (sulfide) groups is 1. The van der Waals surface area contributed by atoms with Crippen molar-refractivity contribution in [2.45, 2.75) is 24.2 Å². The molecule has 0 atom stereocenters. The van der Waals surface area contributed by atoms with E-state index in [2.05, 4.69) is 36.1 Å². The van der Waals surface area contributed by atoms with Crippen molar-refractivity contribution in [2.24, 2.45) is 0 Å². The average Bonchev–Trinajstić information content (AvgIpc) is 2.34. The zero-order valence-corrected chi connectivity index (χ0v) is 11.2. The molecule has 16 heavy (non-hydrogen) atoms. The molecule has 0 saturated heterocycles. The Morgan fingerprint density at radius 3 is 3.12 bits per heavy atom. The van der Waals surface area contributed by atoms with Crippen molar-refractivity contribution in [1.29, 1.82) is 0 Å². The maximum absolute atomic E-state index is 4.18. The molecule has 0 radical (unpaired) electrons. The number of hydrogen-bond donors (Lipinski definition) is 2. The van der Waals surface area contributed by atoms with Crippen LogP contribution in [-0.4, -0.2) is 24.6 Å². The summed E-state index contributed by atoms with van der Waals surface area (Å²) >= 11 is 6.18. The van der Waals surface area contributed by atoms with E-state index in [1.807, 2.05) is 11.8 Å². The molecule has 1 aromatic rings. The van der Waals surface area contributed by atoms with Crippen molar-refractivity contribution in [1.82, 2.24) is 5.32 Å². The fourth-order valence-corrected chi connectivity index (χ4v) is 3.18. The van der Waals surface area contributed by atoms with E-state index in [-0.39, 0.29) is 0 Å². The molecule has 1 heterocycles. The van der Waals surface area contributed by atoms with Gasteiger partial charge in [0.2, 0.25) is 0 Å². The molecule has 0 aromatic heterocycles. The Labute approximate surface area is 108 Å². The van der Waals surface area contributed by atoms with Crippen molar-refractivity contribution in [3.8, 4) is 0 Å². The minimum atomic E-state index is 0.917. The highest BCUT2D eigenvalue weighted by Crippen LogP contribution is 2.30. The summed E-state index contributed by atoms with van der Waals surface area (Å²) in [4.78, 5) is 1.50. The number of aryl methyl sites for hydroxylation is 1. The maximum Gasteiger partial charge on any atom is 0.0104 e. The minimum Gasteiger partial charge on any atom is -0.316 e. The molecule has 0 spiro atoms. The van der Waals surface area contributed by atoms with Crippen LogP contribution in [0.1, 0.15) is 17.5 Å². The van der Waals surface area contributed by atoms with E-state index in [0.717, 1.165) is 25.3 Å². The van der Waals surface area contributed by atoms with Crippen LogP contribution >= 0.6 is 24.4 Å². The summed E-state index contributed by atoms with van der Waals surface area (Å²) in [7, 11) is 0. The summed E-state index contributed by atoms with van der Waals surface area (Å²) in [5.74, 6) is 2.21. The number of rotatable bonds is 5. The van der Waals surface area contributed by atoms with Gasteiger partial charge in [0.05, 0.1) is 0 Å². The molecule has 1 aliphatic heterocycles. The van der Waals surface area contributed by atoms with Crippen LogP contribution in [0.3, 0.4) is 0 Å². The highest BCUT2D eigenvalue weighted by Gasteiger charge is 2.09. The largest absolute Gasteiger partial charge is 0.316 e. The van der Waals surface area contributed by atoms with Crippen molar-refractivity contribution >= 4 is 24.4 Å². The molecule has 0 bridgehead atoms. The third-order valence-electron chi connectivity index (χ3n) is 2.85. The maximum atomic E-state index is 4.18. The van der Waals surface area contributed by atoms with Gasteiger partial charge in [-0.3, -0.25) is 0 Å². The summed E-state index contributed by atoms with van der Waals surface area (Å²) < 4.78 is 0. The first-order valence-corrected chi connectivity index (χ1v) is 7.58. The van der Waals surface area contributed by atoms with Gasteiger partial charge < -0.3 is 5.32 Å². The lowest BCUT2D eigenvalue weighted by Crippen LogP contribution is -2.19. The zero-order valence-electron chi connectivity index (χ0n) is 9.54. The van der Waals surface area contributed by atoms with Crippen LogP contribution in [0.15, 0.2) is 23.1 Å². The highest BCUT2D eigenvalue weighted by molar-refractivity contribution is 7.99. The molecule has 1 aliphatic rings. The third-order valence-corrected chi connectivity index (χ3v) is 4.28. The first-order chi connectivity index (χ1) is 7.90. The van der Waals surface area contributed by atoms with E-state index in [9.17, 15) is 0 Å². The fraction of sp³-hybridized carbons (Fsp3) is 0.538. The molecule has 88 valence electrons. The van der Waals surface area contributed by atoms with Gasteiger partial charge in [-0.2, -0.15) is 12.6 Å². The van der Waals surface area contributed by atoms with E-state index in [1.54, 1.807) is 5.56 Å². The van der Waals surface area contributed by atoms with E-state index in [1.165, 1.54) is 29.1 Å². The highest BCUT2D eigenvalue weighted by atomic mass is 32.2. The zero-order chi connectivity index (χ0) is 11.2. The first-order valence-electron chi connectivity index (χ1n) is 5.96. The number of hydrogen-bond acceptors (Lipinski definition) is 3. The fourth-order valence-electron chi connectivity index (χ4n) is 2.01. The van der Waals surface area contributed by atoms with E-state index in [4.69, 9.17) is 0 Å². The lowest BCUT2D eigenvalue weighted by Gasteiger charge is -2.16. The number of thiol groups is 1. The van der Waals surface area contributed by atoms with Crippen LogP contribution in [-0.2, 0) is 12.8 Å². The summed E-state index contributed by atoms with van der Waals surface area (Å²) in [5, 5.41) is 3.38. The smallest absolute Gasteiger partial charge is 0.0104 e. The predicted octanol–water partition coefficient (Wildman–Crippen LogP) is 2.79. The van der Waals surface area contributed by atoms with Gasteiger partial charge >= 0.3 is 0 Å². The molecular weight excluding hydrogens is 234 g/mol. The SMILES string of the molecule is SCCNCCc1ccc2c(c1)CCCS2. The summed E-state index contributed by atoms with van der Waals surface area (Å²) in [6.45, 7) is 2.07. The normalized spacial score (nSPS) is 14.8. The third kappa shape index (κ3) is 3.44. The van der Waals surface area contributed by atoms with Crippen molar-refractivity contribution in [2.75, 3.05) is 24.6 Å². The quantitative estimate of drug-likeness (QED) is 0.618. The molecule has 0 amide bonds. The van der Waals surface area contributed by atoms with E-state index >= 15 is 0 Å². The Morgan fingerprint density at radius 1 is 1.31 bits per heavy atom. The summed E-state index contributed by atoms with van der Waals surface area (Å²) in [6, 6.07) is 6.97. The predicted molar refractivity (Wildman–Crippen MR) is 75.9 cm³/mol. The molecule has 3 heteroatoms. The Morgan fingerprint density at radius 2 is 2.25 bits per heavy atom. The monoisotopic (exact) mass is 253 g/mol. The molecule has 1 aromatic carbocycles. The average molecular weight is 253 g/mol. The lowest BCUT2D eigenvalue weighted by molar-refractivity contribution is 0.720. The molecule has 0 aliphatic carbocycles. The van der Waals surface area contributed by atoms with E-state index in [0.29, 0.717) is 0 Å². The second kappa shape index (κ2) is 6.58.